The Kier molecular flexibility index (Phi) is 6.53. The smallest absolute Gasteiger partial charge is 0.317 e. The van der Waals surface area contributed by atoms with Crippen LogP contribution in [0.1, 0.15) is 27.7 Å². The van der Waals surface area contributed by atoms with Crippen LogP contribution in [0.3, 0.4) is 0 Å². The molecule has 1 N–H and O–H groups in total. The van der Waals surface area contributed by atoms with Crippen LogP contribution in [-0.4, -0.2) is 62.5 Å². The van der Waals surface area contributed by atoms with Crippen LogP contribution >= 0.6 is 0 Å². The van der Waals surface area contributed by atoms with E-state index in [1.54, 1.807) is 7.11 Å². The molecule has 2 amide bonds. The van der Waals surface area contributed by atoms with Gasteiger partial charge < -0.3 is 24.6 Å². The molecule has 25 heavy (non-hydrogen) atoms. The molecule has 1 heterocycles. The second-order valence-electron chi connectivity index (χ2n) is 7.04. The molecule has 6 nitrogen and oxygen atoms in total. The van der Waals surface area contributed by atoms with Gasteiger partial charge in [-0.05, 0) is 39.8 Å². The third-order valence-corrected chi connectivity index (χ3v) is 4.55. The predicted octanol–water partition coefficient (Wildman–Crippen LogP) is 2.73. The van der Waals surface area contributed by atoms with Crippen molar-refractivity contribution in [2.45, 2.75) is 39.3 Å². The summed E-state index contributed by atoms with van der Waals surface area (Å²) in [6.07, 6.45) is 0.0278. The van der Waals surface area contributed by atoms with E-state index in [9.17, 15) is 4.79 Å². The first-order chi connectivity index (χ1) is 11.9. The largest absolute Gasteiger partial charge is 0.497 e. The molecule has 2 rings (SSSR count). The lowest BCUT2D eigenvalue weighted by molar-refractivity contribution is 0.0754. The standard InChI is InChI=1S/C19H31N3O3/c1-6-25-15(2)13-20-18(23)21-10-11-22(19(3,4)14-21)16-8-7-9-17(12-16)24-5/h7-9,12,15H,6,10-11,13-14H2,1-5H3,(H,20,23)/t15-/m0/s1. The first-order valence-electron chi connectivity index (χ1n) is 8.93. The van der Waals surface area contributed by atoms with Gasteiger partial charge in [-0.3, -0.25) is 0 Å². The fraction of sp³-hybridized carbons (Fsp3) is 0.632. The monoisotopic (exact) mass is 349 g/mol. The number of amides is 2. The molecule has 0 aromatic heterocycles. The van der Waals surface area contributed by atoms with Crippen LogP contribution < -0.4 is 15.0 Å². The summed E-state index contributed by atoms with van der Waals surface area (Å²) < 4.78 is 10.8. The minimum Gasteiger partial charge on any atom is -0.497 e. The van der Waals surface area contributed by atoms with E-state index in [1.165, 1.54) is 0 Å². The summed E-state index contributed by atoms with van der Waals surface area (Å²) >= 11 is 0. The molecule has 1 aromatic carbocycles. The van der Waals surface area contributed by atoms with Crippen molar-refractivity contribution in [2.75, 3.05) is 44.8 Å². The average Bonchev–Trinajstić information content (AvgIpc) is 2.59. The van der Waals surface area contributed by atoms with Gasteiger partial charge >= 0.3 is 6.03 Å². The van der Waals surface area contributed by atoms with Crippen LogP contribution in [-0.2, 0) is 4.74 Å². The molecule has 1 aliphatic heterocycles. The van der Waals surface area contributed by atoms with Crippen LogP contribution in [0.15, 0.2) is 24.3 Å². The Labute approximate surface area is 151 Å². The van der Waals surface area contributed by atoms with Gasteiger partial charge in [0.05, 0.1) is 18.8 Å². The van der Waals surface area contributed by atoms with Gasteiger partial charge in [0.15, 0.2) is 0 Å². The molecule has 0 unspecified atom stereocenters. The molecule has 0 saturated carbocycles. The summed E-state index contributed by atoms with van der Waals surface area (Å²) in [4.78, 5) is 16.7. The molecule has 1 saturated heterocycles. The van der Waals surface area contributed by atoms with Crippen LogP contribution in [0.4, 0.5) is 10.5 Å². The van der Waals surface area contributed by atoms with Gasteiger partial charge in [-0.2, -0.15) is 0 Å². The number of carbonyl (C=O) groups excluding carboxylic acids is 1. The highest BCUT2D eigenvalue weighted by atomic mass is 16.5. The third-order valence-electron chi connectivity index (χ3n) is 4.55. The predicted molar refractivity (Wildman–Crippen MR) is 100 cm³/mol. The first kappa shape index (κ1) is 19.4. The van der Waals surface area contributed by atoms with Crippen molar-refractivity contribution < 1.29 is 14.3 Å². The van der Waals surface area contributed by atoms with E-state index in [0.29, 0.717) is 26.2 Å². The quantitative estimate of drug-likeness (QED) is 0.858. The maximum absolute atomic E-state index is 12.5. The van der Waals surface area contributed by atoms with E-state index in [-0.39, 0.29) is 17.7 Å². The van der Waals surface area contributed by atoms with Crippen LogP contribution in [0.5, 0.6) is 5.75 Å². The molecule has 0 radical (unpaired) electrons. The fourth-order valence-corrected chi connectivity index (χ4v) is 3.27. The summed E-state index contributed by atoms with van der Waals surface area (Å²) in [5.74, 6) is 0.846. The number of benzene rings is 1. The topological polar surface area (TPSA) is 54.0 Å². The number of anilines is 1. The molecular formula is C19H31N3O3. The number of hydrogen-bond acceptors (Lipinski definition) is 4. The molecule has 1 aromatic rings. The van der Waals surface area contributed by atoms with Gasteiger partial charge in [0.25, 0.3) is 0 Å². The number of nitrogens with zero attached hydrogens (tertiary/aromatic N) is 2. The number of hydrogen-bond donors (Lipinski definition) is 1. The van der Waals surface area contributed by atoms with Gasteiger partial charge in [0.2, 0.25) is 0 Å². The Morgan fingerprint density at radius 3 is 2.76 bits per heavy atom. The molecule has 0 aliphatic carbocycles. The van der Waals surface area contributed by atoms with Crippen LogP contribution in [0, 0.1) is 0 Å². The zero-order chi connectivity index (χ0) is 18.4. The molecule has 0 spiro atoms. The highest BCUT2D eigenvalue weighted by Crippen LogP contribution is 2.30. The Hall–Kier alpha value is -1.95. The van der Waals surface area contributed by atoms with E-state index in [2.05, 4.69) is 30.1 Å². The number of ether oxygens (including phenoxy) is 2. The number of methoxy groups -OCH3 is 1. The number of rotatable bonds is 6. The SMILES string of the molecule is CCO[C@@H](C)CNC(=O)N1CCN(c2cccc(OC)c2)C(C)(C)C1. The maximum atomic E-state index is 12.5. The van der Waals surface area contributed by atoms with Crippen molar-refractivity contribution in [3.63, 3.8) is 0 Å². The first-order valence-corrected chi connectivity index (χ1v) is 8.93. The second-order valence-corrected chi connectivity index (χ2v) is 7.04. The van der Waals surface area contributed by atoms with Crippen molar-refractivity contribution >= 4 is 11.7 Å². The maximum Gasteiger partial charge on any atom is 0.317 e. The second kappa shape index (κ2) is 8.43. The molecular weight excluding hydrogens is 318 g/mol. The number of carbonyl (C=O) groups is 1. The summed E-state index contributed by atoms with van der Waals surface area (Å²) in [5.41, 5.74) is 0.961. The average molecular weight is 349 g/mol. The van der Waals surface area contributed by atoms with Gasteiger partial charge in [-0.15, -0.1) is 0 Å². The Morgan fingerprint density at radius 1 is 1.36 bits per heavy atom. The Bertz CT molecular complexity index is 577. The molecule has 1 atom stereocenters. The lowest BCUT2D eigenvalue weighted by Gasteiger charge is -2.48. The van der Waals surface area contributed by atoms with E-state index < -0.39 is 0 Å². The number of nitrogens with one attached hydrogen (secondary N) is 1. The normalized spacial score (nSPS) is 18.0. The minimum absolute atomic E-state index is 0.0232. The summed E-state index contributed by atoms with van der Waals surface area (Å²) in [7, 11) is 1.68. The van der Waals surface area contributed by atoms with Gasteiger partial charge in [-0.1, -0.05) is 6.07 Å². The lowest BCUT2D eigenvalue weighted by Crippen LogP contribution is -2.62. The minimum atomic E-state index is -0.159. The van der Waals surface area contributed by atoms with Crippen molar-refractivity contribution in [3.05, 3.63) is 24.3 Å². The van der Waals surface area contributed by atoms with Gasteiger partial charge in [-0.25, -0.2) is 4.79 Å². The molecule has 140 valence electrons. The highest BCUT2D eigenvalue weighted by Gasteiger charge is 2.35. The molecule has 1 fully saturated rings. The summed E-state index contributed by atoms with van der Waals surface area (Å²) in [5, 5.41) is 2.97. The van der Waals surface area contributed by atoms with E-state index >= 15 is 0 Å². The summed E-state index contributed by atoms with van der Waals surface area (Å²) in [6.45, 7) is 11.6. The van der Waals surface area contributed by atoms with Crippen molar-refractivity contribution in [3.8, 4) is 5.75 Å². The molecule has 0 bridgehead atoms. The summed E-state index contributed by atoms with van der Waals surface area (Å²) in [6, 6.07) is 8.05. The van der Waals surface area contributed by atoms with Crippen LogP contribution in [0.2, 0.25) is 0 Å². The zero-order valence-corrected chi connectivity index (χ0v) is 16.0. The number of piperazine rings is 1. The van der Waals surface area contributed by atoms with E-state index in [4.69, 9.17) is 9.47 Å². The van der Waals surface area contributed by atoms with Gasteiger partial charge in [0, 0.05) is 44.5 Å². The lowest BCUT2D eigenvalue weighted by atomic mass is 9.98. The highest BCUT2D eigenvalue weighted by molar-refractivity contribution is 5.75. The Balaban J connectivity index is 1.98. The van der Waals surface area contributed by atoms with Gasteiger partial charge in [0.1, 0.15) is 5.75 Å². The molecule has 6 heteroatoms. The Morgan fingerprint density at radius 2 is 2.12 bits per heavy atom. The van der Waals surface area contributed by atoms with Crippen molar-refractivity contribution in [2.24, 2.45) is 0 Å². The van der Waals surface area contributed by atoms with Crippen molar-refractivity contribution in [1.29, 1.82) is 0 Å². The van der Waals surface area contributed by atoms with E-state index in [0.717, 1.165) is 18.0 Å². The molecule has 1 aliphatic rings. The zero-order valence-electron chi connectivity index (χ0n) is 16.0. The van der Waals surface area contributed by atoms with E-state index in [1.807, 2.05) is 36.9 Å². The van der Waals surface area contributed by atoms with Crippen molar-refractivity contribution in [1.82, 2.24) is 10.2 Å². The fourth-order valence-electron chi connectivity index (χ4n) is 3.27. The number of urea groups is 1. The van der Waals surface area contributed by atoms with Crippen LogP contribution in [0.25, 0.3) is 0 Å². The third kappa shape index (κ3) is 5.01.